The van der Waals surface area contributed by atoms with Crippen molar-refractivity contribution in [3.05, 3.63) is 92.4 Å². The van der Waals surface area contributed by atoms with Crippen LogP contribution in [0.15, 0.2) is 64.2 Å². The number of benzene rings is 2. The average Bonchev–Trinajstić information content (AvgIpc) is 3.56. The van der Waals surface area contributed by atoms with E-state index in [0.29, 0.717) is 23.6 Å². The minimum absolute atomic E-state index is 0.372. The lowest BCUT2D eigenvalue weighted by Crippen LogP contribution is -2.23. The lowest BCUT2D eigenvalue weighted by molar-refractivity contribution is 0.291. The van der Waals surface area contributed by atoms with E-state index in [4.69, 9.17) is 9.72 Å². The van der Waals surface area contributed by atoms with Gasteiger partial charge in [0.05, 0.1) is 7.11 Å². The van der Waals surface area contributed by atoms with Gasteiger partial charge in [-0.3, -0.25) is 14.8 Å². The van der Waals surface area contributed by atoms with Crippen molar-refractivity contribution < 1.29 is 4.74 Å². The van der Waals surface area contributed by atoms with Crippen LogP contribution in [0.4, 0.5) is 0 Å². The number of fused-ring (bicyclic) bond motifs is 1. The quantitative estimate of drug-likeness (QED) is 0.295. The lowest BCUT2D eigenvalue weighted by atomic mass is 9.83. The number of nitrogens with zero attached hydrogens (tertiary/aromatic N) is 2. The number of rotatable bonds is 11. The topological polar surface area (TPSA) is 92.8 Å². The highest BCUT2D eigenvalue weighted by Crippen LogP contribution is 2.36. The van der Waals surface area contributed by atoms with Gasteiger partial charge in [-0.25, -0.2) is 9.78 Å². The summed E-state index contributed by atoms with van der Waals surface area (Å²) in [6.45, 7) is 0.549. The number of methoxy groups -OCH3 is 1. The molecule has 0 aliphatic heterocycles. The SMILES string of the molecule is COc1ccc(CCCC(CCc2nc3[nH]c(=O)[nH]c(=O)c3n2Cc2ccccc2)C2CCCC2)cc1. The van der Waals surface area contributed by atoms with Gasteiger partial charge in [-0.15, -0.1) is 0 Å². The smallest absolute Gasteiger partial charge is 0.327 e. The predicted octanol–water partition coefficient (Wildman–Crippen LogP) is 5.23. The normalized spacial score (nSPS) is 14.8. The van der Waals surface area contributed by atoms with E-state index in [2.05, 4.69) is 34.2 Å². The highest BCUT2D eigenvalue weighted by atomic mass is 16.5. The third-order valence-corrected chi connectivity index (χ3v) is 7.91. The molecule has 194 valence electrons. The Bertz CT molecular complexity index is 1410. The molecule has 0 spiro atoms. The standard InChI is InChI=1S/C30H36N4O3/c1-37-25-17-14-21(15-18-25)10-7-13-24(23-11-5-6-12-23)16-19-26-31-28-27(29(35)33-30(36)32-28)34(26)20-22-8-3-2-4-9-22/h2-4,8-9,14-15,17-18,23-24H,5-7,10-13,16,19-20H2,1H3,(H2,32,33,35,36). The third-order valence-electron chi connectivity index (χ3n) is 7.91. The van der Waals surface area contributed by atoms with Crippen molar-refractivity contribution in [2.75, 3.05) is 7.11 Å². The first kappa shape index (κ1) is 25.1. The number of hydrogen-bond acceptors (Lipinski definition) is 4. The molecule has 0 saturated heterocycles. The fourth-order valence-corrected chi connectivity index (χ4v) is 5.96. The zero-order chi connectivity index (χ0) is 25.6. The molecule has 2 aromatic heterocycles. The van der Waals surface area contributed by atoms with Crippen molar-refractivity contribution >= 4 is 11.2 Å². The molecule has 1 aliphatic carbocycles. The molecule has 7 nitrogen and oxygen atoms in total. The molecular weight excluding hydrogens is 464 g/mol. The van der Waals surface area contributed by atoms with Gasteiger partial charge < -0.3 is 9.30 Å². The van der Waals surface area contributed by atoms with E-state index in [1.807, 2.05) is 34.9 Å². The summed E-state index contributed by atoms with van der Waals surface area (Å²) >= 11 is 0. The van der Waals surface area contributed by atoms with E-state index < -0.39 is 5.69 Å². The molecule has 37 heavy (non-hydrogen) atoms. The van der Waals surface area contributed by atoms with Crippen LogP contribution in [-0.2, 0) is 19.4 Å². The van der Waals surface area contributed by atoms with Crippen LogP contribution in [0.3, 0.4) is 0 Å². The summed E-state index contributed by atoms with van der Waals surface area (Å²) in [5.41, 5.74) is 2.35. The van der Waals surface area contributed by atoms with Crippen LogP contribution < -0.4 is 16.0 Å². The summed E-state index contributed by atoms with van der Waals surface area (Å²) in [6.07, 6.45) is 10.5. The largest absolute Gasteiger partial charge is 0.497 e. The second-order valence-corrected chi connectivity index (χ2v) is 10.3. The molecular formula is C30H36N4O3. The molecule has 1 unspecified atom stereocenters. The number of ether oxygens (including phenoxy) is 1. The first-order chi connectivity index (χ1) is 18.1. The van der Waals surface area contributed by atoms with Crippen molar-refractivity contribution in [1.82, 2.24) is 19.5 Å². The fraction of sp³-hybridized carbons (Fsp3) is 0.433. The fourth-order valence-electron chi connectivity index (χ4n) is 5.96. The van der Waals surface area contributed by atoms with Gasteiger partial charge in [-0.05, 0) is 60.8 Å². The maximum atomic E-state index is 12.7. The Kier molecular flexibility index (Phi) is 7.87. The highest BCUT2D eigenvalue weighted by Gasteiger charge is 2.26. The lowest BCUT2D eigenvalue weighted by Gasteiger charge is -2.23. The Hall–Kier alpha value is -3.61. The summed E-state index contributed by atoms with van der Waals surface area (Å²) in [5.74, 6) is 3.14. The van der Waals surface area contributed by atoms with Crippen molar-refractivity contribution in [1.29, 1.82) is 0 Å². The summed E-state index contributed by atoms with van der Waals surface area (Å²) in [7, 11) is 1.70. The Morgan fingerprint density at radius 1 is 0.946 bits per heavy atom. The average molecular weight is 501 g/mol. The van der Waals surface area contributed by atoms with Gasteiger partial charge in [0.1, 0.15) is 11.6 Å². The van der Waals surface area contributed by atoms with E-state index in [1.165, 1.54) is 37.7 Å². The Balaban J connectivity index is 1.34. The molecule has 2 N–H and O–H groups in total. The molecule has 4 aromatic rings. The predicted molar refractivity (Wildman–Crippen MR) is 146 cm³/mol. The Labute approximate surface area is 216 Å². The second kappa shape index (κ2) is 11.6. The van der Waals surface area contributed by atoms with E-state index in [-0.39, 0.29) is 5.56 Å². The van der Waals surface area contributed by atoms with Crippen LogP contribution in [0.2, 0.25) is 0 Å². The van der Waals surface area contributed by atoms with Gasteiger partial charge >= 0.3 is 5.69 Å². The summed E-state index contributed by atoms with van der Waals surface area (Å²) in [6, 6.07) is 18.5. The van der Waals surface area contributed by atoms with Gasteiger partial charge in [0.2, 0.25) is 0 Å². The van der Waals surface area contributed by atoms with Crippen molar-refractivity contribution in [2.45, 2.75) is 64.3 Å². The maximum Gasteiger partial charge on any atom is 0.327 e. The molecule has 1 fully saturated rings. The number of hydrogen-bond donors (Lipinski definition) is 2. The van der Waals surface area contributed by atoms with Crippen molar-refractivity contribution in [2.24, 2.45) is 11.8 Å². The number of nitrogens with one attached hydrogen (secondary N) is 2. The van der Waals surface area contributed by atoms with Crippen LogP contribution >= 0.6 is 0 Å². The van der Waals surface area contributed by atoms with E-state index >= 15 is 0 Å². The van der Waals surface area contributed by atoms with Crippen molar-refractivity contribution in [3.63, 3.8) is 0 Å². The second-order valence-electron chi connectivity index (χ2n) is 10.3. The van der Waals surface area contributed by atoms with E-state index in [9.17, 15) is 9.59 Å². The van der Waals surface area contributed by atoms with Crippen LogP contribution in [0, 0.1) is 11.8 Å². The van der Waals surface area contributed by atoms with Crippen LogP contribution in [0.5, 0.6) is 5.75 Å². The van der Waals surface area contributed by atoms with Crippen molar-refractivity contribution in [3.8, 4) is 5.75 Å². The van der Waals surface area contributed by atoms with Gasteiger partial charge in [0.25, 0.3) is 5.56 Å². The monoisotopic (exact) mass is 500 g/mol. The molecule has 0 bridgehead atoms. The highest BCUT2D eigenvalue weighted by molar-refractivity contribution is 5.70. The molecule has 2 aromatic carbocycles. The molecule has 1 aliphatic rings. The molecule has 5 rings (SSSR count). The first-order valence-electron chi connectivity index (χ1n) is 13.5. The molecule has 2 heterocycles. The number of imidazole rings is 1. The Morgan fingerprint density at radius 2 is 1.70 bits per heavy atom. The maximum absolute atomic E-state index is 12.7. The van der Waals surface area contributed by atoms with E-state index in [0.717, 1.165) is 48.7 Å². The van der Waals surface area contributed by atoms with Gasteiger partial charge in [-0.2, -0.15) is 0 Å². The third kappa shape index (κ3) is 6.04. The van der Waals surface area contributed by atoms with Gasteiger partial charge in [0.15, 0.2) is 11.2 Å². The summed E-state index contributed by atoms with van der Waals surface area (Å²) < 4.78 is 7.28. The molecule has 0 radical (unpaired) electrons. The number of aromatic amines is 2. The summed E-state index contributed by atoms with van der Waals surface area (Å²) in [5, 5.41) is 0. The molecule has 0 amide bonds. The number of aryl methyl sites for hydroxylation is 2. The van der Waals surface area contributed by atoms with Gasteiger partial charge in [0, 0.05) is 13.0 Å². The summed E-state index contributed by atoms with van der Waals surface area (Å²) in [4.78, 5) is 34.5. The number of H-pyrrole nitrogens is 2. The Morgan fingerprint density at radius 3 is 2.43 bits per heavy atom. The molecule has 7 heteroatoms. The zero-order valence-electron chi connectivity index (χ0n) is 21.5. The first-order valence-corrected chi connectivity index (χ1v) is 13.5. The van der Waals surface area contributed by atoms with Crippen LogP contribution in [0.25, 0.3) is 11.2 Å². The van der Waals surface area contributed by atoms with Crippen LogP contribution in [-0.4, -0.2) is 26.6 Å². The number of aromatic nitrogens is 4. The van der Waals surface area contributed by atoms with E-state index in [1.54, 1.807) is 7.11 Å². The minimum atomic E-state index is -0.518. The van der Waals surface area contributed by atoms with Crippen LogP contribution in [0.1, 0.15) is 61.9 Å². The molecule has 1 saturated carbocycles. The minimum Gasteiger partial charge on any atom is -0.497 e. The zero-order valence-corrected chi connectivity index (χ0v) is 21.5. The molecule has 1 atom stereocenters. The van der Waals surface area contributed by atoms with Gasteiger partial charge in [-0.1, -0.05) is 68.1 Å².